The van der Waals surface area contributed by atoms with E-state index in [0.29, 0.717) is 16.6 Å². The van der Waals surface area contributed by atoms with Crippen molar-refractivity contribution in [1.29, 1.82) is 0 Å². The first kappa shape index (κ1) is 19.8. The molecule has 2 N–H and O–H groups in total. The van der Waals surface area contributed by atoms with Gasteiger partial charge in [-0.25, -0.2) is 4.98 Å². The number of H-pyrrole nitrogens is 1. The first-order chi connectivity index (χ1) is 15.4. The maximum atomic E-state index is 13.2. The summed E-state index contributed by atoms with van der Waals surface area (Å²) < 4.78 is 0. The second kappa shape index (κ2) is 7.50. The molecule has 5 rings (SSSR count). The van der Waals surface area contributed by atoms with Crippen molar-refractivity contribution in [2.75, 3.05) is 4.90 Å². The second-order valence-corrected chi connectivity index (χ2v) is 8.02. The smallest absolute Gasteiger partial charge is 0.302 e. The quantitative estimate of drug-likeness (QED) is 0.281. The molecule has 0 saturated carbocycles. The average molecular weight is 423 g/mol. The van der Waals surface area contributed by atoms with Crippen LogP contribution in [0, 0.1) is 13.8 Å². The Kier molecular flexibility index (Phi) is 4.63. The number of aromatic nitrogens is 2. The highest BCUT2D eigenvalue weighted by atomic mass is 16.3. The van der Waals surface area contributed by atoms with Crippen molar-refractivity contribution in [1.82, 2.24) is 9.97 Å². The molecule has 1 atom stereocenters. The van der Waals surface area contributed by atoms with Crippen LogP contribution in [0.15, 0.2) is 78.4 Å². The Hall–Kier alpha value is -4.19. The predicted molar refractivity (Wildman–Crippen MR) is 123 cm³/mol. The molecule has 32 heavy (non-hydrogen) atoms. The number of hydrogen-bond donors (Lipinski definition) is 2. The van der Waals surface area contributed by atoms with Crippen molar-refractivity contribution < 1.29 is 14.7 Å². The SMILES string of the molecule is Cc1ccc(/C(O)=C2\C(=O)C(=O)N(c3nc4ccccc4[nH]3)C2c2ccc(C)cc2)cc1. The van der Waals surface area contributed by atoms with Gasteiger partial charge in [-0.15, -0.1) is 0 Å². The van der Waals surface area contributed by atoms with E-state index in [-0.39, 0.29) is 17.3 Å². The van der Waals surface area contributed by atoms with Gasteiger partial charge in [0.05, 0.1) is 22.6 Å². The lowest BCUT2D eigenvalue weighted by Gasteiger charge is -2.23. The maximum absolute atomic E-state index is 13.2. The van der Waals surface area contributed by atoms with Crippen LogP contribution >= 0.6 is 0 Å². The lowest BCUT2D eigenvalue weighted by atomic mass is 9.94. The van der Waals surface area contributed by atoms with Gasteiger partial charge in [0.2, 0.25) is 5.95 Å². The Balaban J connectivity index is 1.73. The Labute approximate surface area is 184 Å². The molecule has 1 aliphatic heterocycles. The number of ketones is 1. The zero-order valence-electron chi connectivity index (χ0n) is 17.7. The van der Waals surface area contributed by atoms with E-state index in [0.717, 1.165) is 16.6 Å². The summed E-state index contributed by atoms with van der Waals surface area (Å²) in [7, 11) is 0. The van der Waals surface area contributed by atoms with Crippen LogP contribution < -0.4 is 4.90 Å². The maximum Gasteiger partial charge on any atom is 0.302 e. The van der Waals surface area contributed by atoms with E-state index >= 15 is 0 Å². The van der Waals surface area contributed by atoms with Gasteiger partial charge >= 0.3 is 5.91 Å². The van der Waals surface area contributed by atoms with Gasteiger partial charge in [0.15, 0.2) is 0 Å². The fourth-order valence-corrected chi connectivity index (χ4v) is 4.04. The van der Waals surface area contributed by atoms with Gasteiger partial charge in [-0.1, -0.05) is 71.8 Å². The highest BCUT2D eigenvalue weighted by Crippen LogP contribution is 2.41. The summed E-state index contributed by atoms with van der Waals surface area (Å²) in [6.45, 7) is 3.91. The van der Waals surface area contributed by atoms with Crippen LogP contribution in [0.25, 0.3) is 16.8 Å². The molecule has 1 aliphatic rings. The monoisotopic (exact) mass is 423 g/mol. The molecule has 1 aromatic heterocycles. The molecule has 6 heteroatoms. The first-order valence-corrected chi connectivity index (χ1v) is 10.3. The highest BCUT2D eigenvalue weighted by Gasteiger charge is 2.48. The molecule has 0 aliphatic carbocycles. The van der Waals surface area contributed by atoms with E-state index in [1.165, 1.54) is 4.90 Å². The summed E-state index contributed by atoms with van der Waals surface area (Å²) in [6.07, 6.45) is 0. The van der Waals surface area contributed by atoms with Gasteiger partial charge in [0.1, 0.15) is 5.76 Å². The number of nitrogens with one attached hydrogen (secondary N) is 1. The summed E-state index contributed by atoms with van der Waals surface area (Å²) in [4.78, 5) is 35.4. The molecule has 1 saturated heterocycles. The van der Waals surface area contributed by atoms with E-state index < -0.39 is 17.7 Å². The Morgan fingerprint density at radius 3 is 2.19 bits per heavy atom. The van der Waals surface area contributed by atoms with Crippen molar-refractivity contribution in [2.24, 2.45) is 0 Å². The molecule has 6 nitrogen and oxygen atoms in total. The van der Waals surface area contributed by atoms with E-state index in [1.54, 1.807) is 12.1 Å². The number of carbonyl (C=O) groups excluding carboxylic acids is 2. The number of rotatable bonds is 3. The number of para-hydroxylation sites is 2. The first-order valence-electron chi connectivity index (χ1n) is 10.3. The van der Waals surface area contributed by atoms with Crippen LogP contribution in [0.3, 0.4) is 0 Å². The van der Waals surface area contributed by atoms with Crippen molar-refractivity contribution in [3.63, 3.8) is 0 Å². The molecule has 158 valence electrons. The number of nitrogens with zero attached hydrogens (tertiary/aromatic N) is 2. The number of benzene rings is 3. The topological polar surface area (TPSA) is 86.3 Å². The second-order valence-electron chi connectivity index (χ2n) is 8.02. The molecular formula is C26H21N3O3. The van der Waals surface area contributed by atoms with E-state index in [9.17, 15) is 14.7 Å². The van der Waals surface area contributed by atoms with Crippen LogP contribution in [0.5, 0.6) is 0 Å². The van der Waals surface area contributed by atoms with Crippen molar-refractivity contribution in [2.45, 2.75) is 19.9 Å². The highest BCUT2D eigenvalue weighted by molar-refractivity contribution is 6.51. The van der Waals surface area contributed by atoms with Gasteiger partial charge in [-0.05, 0) is 31.5 Å². The fraction of sp³-hybridized carbons (Fsp3) is 0.115. The molecule has 1 amide bonds. The minimum Gasteiger partial charge on any atom is -0.507 e. The third kappa shape index (κ3) is 3.17. The minimum atomic E-state index is -0.808. The normalized spacial score (nSPS) is 17.9. The number of Topliss-reactive ketones (excluding diaryl/α,β-unsaturated/α-hetero) is 1. The zero-order valence-corrected chi connectivity index (χ0v) is 17.7. The Morgan fingerprint density at radius 2 is 1.53 bits per heavy atom. The number of aromatic amines is 1. The summed E-state index contributed by atoms with van der Waals surface area (Å²) in [5, 5.41) is 11.1. The van der Waals surface area contributed by atoms with Crippen LogP contribution in [-0.2, 0) is 9.59 Å². The number of anilines is 1. The molecule has 1 unspecified atom stereocenters. The molecular weight excluding hydrogens is 402 g/mol. The largest absolute Gasteiger partial charge is 0.507 e. The average Bonchev–Trinajstić information content (AvgIpc) is 3.33. The number of aliphatic hydroxyl groups is 1. The number of aryl methyl sites for hydroxylation is 2. The summed E-state index contributed by atoms with van der Waals surface area (Å²) in [5.41, 5.74) is 4.76. The molecule has 0 bridgehead atoms. The number of amides is 1. The van der Waals surface area contributed by atoms with E-state index in [4.69, 9.17) is 0 Å². The third-order valence-corrected chi connectivity index (χ3v) is 5.77. The number of hydrogen-bond acceptors (Lipinski definition) is 4. The van der Waals surface area contributed by atoms with Crippen LogP contribution in [-0.4, -0.2) is 26.8 Å². The molecule has 1 fully saturated rings. The molecule has 2 heterocycles. The van der Waals surface area contributed by atoms with Gasteiger partial charge in [0, 0.05) is 5.56 Å². The molecule has 3 aromatic carbocycles. The number of fused-ring (bicyclic) bond motifs is 1. The van der Waals surface area contributed by atoms with Gasteiger partial charge in [-0.2, -0.15) is 0 Å². The summed E-state index contributed by atoms with van der Waals surface area (Å²) >= 11 is 0. The summed E-state index contributed by atoms with van der Waals surface area (Å²) in [6, 6.07) is 21.4. The van der Waals surface area contributed by atoms with Crippen LogP contribution in [0.1, 0.15) is 28.3 Å². The lowest BCUT2D eigenvalue weighted by Crippen LogP contribution is -2.30. The van der Waals surface area contributed by atoms with Crippen molar-refractivity contribution in [3.8, 4) is 0 Å². The van der Waals surface area contributed by atoms with Crippen molar-refractivity contribution in [3.05, 3.63) is 101 Å². The lowest BCUT2D eigenvalue weighted by molar-refractivity contribution is -0.132. The van der Waals surface area contributed by atoms with Crippen LogP contribution in [0.2, 0.25) is 0 Å². The van der Waals surface area contributed by atoms with Gasteiger partial charge < -0.3 is 10.1 Å². The zero-order chi connectivity index (χ0) is 22.4. The number of carbonyl (C=O) groups is 2. The Bertz CT molecular complexity index is 1350. The van der Waals surface area contributed by atoms with Gasteiger partial charge in [0.25, 0.3) is 5.78 Å². The minimum absolute atomic E-state index is 0.0446. The standard InChI is InChI=1S/C26H21N3O3/c1-15-7-11-17(12-8-15)22-21(23(30)18-13-9-16(2)10-14-18)24(31)25(32)29(22)26-27-19-5-3-4-6-20(19)28-26/h3-14,22,30H,1-2H3,(H,27,28)/b23-21+. The molecule has 0 spiro atoms. The predicted octanol–water partition coefficient (Wildman–Crippen LogP) is 4.81. The Morgan fingerprint density at radius 1 is 0.906 bits per heavy atom. The van der Waals surface area contributed by atoms with E-state index in [2.05, 4.69) is 9.97 Å². The fourth-order valence-electron chi connectivity index (χ4n) is 4.04. The van der Waals surface area contributed by atoms with Crippen molar-refractivity contribution >= 4 is 34.4 Å². The van der Waals surface area contributed by atoms with Crippen LogP contribution in [0.4, 0.5) is 5.95 Å². The number of aliphatic hydroxyl groups excluding tert-OH is 1. The van der Waals surface area contributed by atoms with Gasteiger partial charge in [-0.3, -0.25) is 14.5 Å². The third-order valence-electron chi connectivity index (χ3n) is 5.77. The molecule has 4 aromatic rings. The molecule has 0 radical (unpaired) electrons. The van der Waals surface area contributed by atoms with E-state index in [1.807, 2.05) is 74.5 Å². The summed E-state index contributed by atoms with van der Waals surface area (Å²) in [5.74, 6) is -1.41. The number of imidazole rings is 1.